The van der Waals surface area contributed by atoms with E-state index in [1.54, 1.807) is 12.1 Å². The van der Waals surface area contributed by atoms with Gasteiger partial charge in [0.2, 0.25) is 0 Å². The molecule has 1 heterocycles. The minimum absolute atomic E-state index is 0.0431. The predicted octanol–water partition coefficient (Wildman–Crippen LogP) is 2.64. The summed E-state index contributed by atoms with van der Waals surface area (Å²) >= 11 is 0. The van der Waals surface area contributed by atoms with Gasteiger partial charge in [0.15, 0.2) is 0 Å². The minimum Gasteiger partial charge on any atom is -0.371 e. The van der Waals surface area contributed by atoms with Crippen LogP contribution in [0.15, 0.2) is 29.3 Å². The number of benzene rings is 1. The summed E-state index contributed by atoms with van der Waals surface area (Å²) in [6.45, 7) is 1.78. The van der Waals surface area contributed by atoms with Gasteiger partial charge in [0.25, 0.3) is 0 Å². The minimum atomic E-state index is -0.146. The van der Waals surface area contributed by atoms with Crippen molar-refractivity contribution >= 4 is 5.84 Å². The van der Waals surface area contributed by atoms with Gasteiger partial charge < -0.3 is 5.32 Å². The maximum atomic E-state index is 13.4. The molecule has 2 nitrogen and oxygen atoms in total. The summed E-state index contributed by atoms with van der Waals surface area (Å²) in [5.41, 5.74) is 1.04. The second-order valence-electron chi connectivity index (χ2n) is 4.96. The van der Waals surface area contributed by atoms with Crippen molar-refractivity contribution in [2.45, 2.75) is 31.1 Å². The molecule has 1 aromatic rings. The second kappa shape index (κ2) is 4.13. The van der Waals surface area contributed by atoms with Crippen LogP contribution in [0.2, 0.25) is 0 Å². The van der Waals surface area contributed by atoms with E-state index in [2.05, 4.69) is 10.3 Å². The second-order valence-corrected chi connectivity index (χ2v) is 4.96. The summed E-state index contributed by atoms with van der Waals surface area (Å²) in [6, 6.07) is 7.03. The van der Waals surface area contributed by atoms with Crippen molar-refractivity contribution in [3.05, 3.63) is 35.6 Å². The van der Waals surface area contributed by atoms with E-state index in [-0.39, 0.29) is 11.2 Å². The molecule has 3 heteroatoms. The van der Waals surface area contributed by atoms with Crippen LogP contribution in [0.5, 0.6) is 0 Å². The Kier molecular flexibility index (Phi) is 2.61. The number of hydrogen-bond acceptors (Lipinski definition) is 2. The van der Waals surface area contributed by atoms with E-state index < -0.39 is 0 Å². The summed E-state index contributed by atoms with van der Waals surface area (Å²) in [5.74, 6) is 0.938. The molecule has 1 aromatic carbocycles. The standard InChI is InChI=1S/C14H17FN2/c15-12-5-3-4-11(10-12)14(6-1-2-7-14)13-16-8-9-17-13/h3-5,10H,1-2,6-9H2,(H,16,17). The Bertz CT molecular complexity index is 447. The van der Waals surface area contributed by atoms with Gasteiger partial charge in [0.1, 0.15) is 11.7 Å². The van der Waals surface area contributed by atoms with Crippen molar-refractivity contribution in [3.63, 3.8) is 0 Å². The number of nitrogens with zero attached hydrogens (tertiary/aromatic N) is 1. The Hall–Kier alpha value is -1.38. The highest BCUT2D eigenvalue weighted by atomic mass is 19.1. The van der Waals surface area contributed by atoms with Crippen molar-refractivity contribution in [2.24, 2.45) is 4.99 Å². The van der Waals surface area contributed by atoms with Crippen LogP contribution in [0.3, 0.4) is 0 Å². The number of aliphatic imine (C=N–C) groups is 1. The number of hydrogen-bond donors (Lipinski definition) is 1. The van der Waals surface area contributed by atoms with E-state index in [0.717, 1.165) is 37.3 Å². The van der Waals surface area contributed by atoms with E-state index in [1.807, 2.05) is 6.07 Å². The van der Waals surface area contributed by atoms with Crippen LogP contribution in [0.4, 0.5) is 4.39 Å². The van der Waals surface area contributed by atoms with Crippen LogP contribution in [0.1, 0.15) is 31.2 Å². The summed E-state index contributed by atoms with van der Waals surface area (Å²) in [6.07, 6.45) is 4.58. The van der Waals surface area contributed by atoms with Gasteiger partial charge in [0.05, 0.1) is 12.0 Å². The quantitative estimate of drug-likeness (QED) is 0.833. The first-order valence-corrected chi connectivity index (χ1v) is 6.36. The monoisotopic (exact) mass is 232 g/mol. The summed E-state index contributed by atoms with van der Waals surface area (Å²) in [7, 11) is 0. The third kappa shape index (κ3) is 1.74. The Morgan fingerprint density at radius 1 is 1.24 bits per heavy atom. The predicted molar refractivity (Wildman–Crippen MR) is 66.9 cm³/mol. The van der Waals surface area contributed by atoms with Gasteiger partial charge in [-0.05, 0) is 30.5 Å². The highest BCUT2D eigenvalue weighted by Crippen LogP contribution is 2.42. The molecule has 0 saturated heterocycles. The Labute approximate surface area is 101 Å². The molecular weight excluding hydrogens is 215 g/mol. The Morgan fingerprint density at radius 3 is 2.71 bits per heavy atom. The number of nitrogens with one attached hydrogen (secondary N) is 1. The molecule has 0 radical (unpaired) electrons. The van der Waals surface area contributed by atoms with Crippen molar-refractivity contribution in [3.8, 4) is 0 Å². The zero-order chi connectivity index (χ0) is 11.7. The molecule has 1 N–H and O–H groups in total. The van der Waals surface area contributed by atoms with Gasteiger partial charge in [-0.1, -0.05) is 25.0 Å². The zero-order valence-electron chi connectivity index (χ0n) is 9.88. The molecule has 0 spiro atoms. The van der Waals surface area contributed by atoms with E-state index in [9.17, 15) is 4.39 Å². The molecule has 0 unspecified atom stereocenters. The van der Waals surface area contributed by atoms with Gasteiger partial charge in [-0.3, -0.25) is 4.99 Å². The fourth-order valence-corrected chi connectivity index (χ4v) is 3.15. The van der Waals surface area contributed by atoms with Crippen LogP contribution in [0, 0.1) is 5.82 Å². The average Bonchev–Trinajstić information content (AvgIpc) is 3.01. The average molecular weight is 232 g/mol. The number of halogens is 1. The highest BCUT2D eigenvalue weighted by Gasteiger charge is 2.41. The van der Waals surface area contributed by atoms with Gasteiger partial charge in [-0.2, -0.15) is 0 Å². The summed E-state index contributed by atoms with van der Waals surface area (Å²) in [5, 5.41) is 3.38. The molecule has 0 atom stereocenters. The lowest BCUT2D eigenvalue weighted by Gasteiger charge is -2.30. The summed E-state index contributed by atoms with van der Waals surface area (Å²) < 4.78 is 13.4. The fraction of sp³-hybridized carbons (Fsp3) is 0.500. The zero-order valence-corrected chi connectivity index (χ0v) is 9.88. The molecule has 3 rings (SSSR count). The first-order chi connectivity index (χ1) is 8.31. The lowest BCUT2D eigenvalue weighted by atomic mass is 9.77. The molecule has 0 amide bonds. The normalized spacial score (nSPS) is 22.3. The topological polar surface area (TPSA) is 24.4 Å². The highest BCUT2D eigenvalue weighted by molar-refractivity contribution is 5.94. The van der Waals surface area contributed by atoms with Crippen LogP contribution >= 0.6 is 0 Å². The van der Waals surface area contributed by atoms with Crippen molar-refractivity contribution in [1.29, 1.82) is 0 Å². The smallest absolute Gasteiger partial charge is 0.123 e. The lowest BCUT2D eigenvalue weighted by Crippen LogP contribution is -2.40. The van der Waals surface area contributed by atoms with Crippen LogP contribution in [-0.2, 0) is 5.41 Å². The maximum Gasteiger partial charge on any atom is 0.123 e. The molecule has 1 aliphatic carbocycles. The first kappa shape index (κ1) is 10.8. The van der Waals surface area contributed by atoms with E-state index >= 15 is 0 Å². The molecule has 1 aliphatic heterocycles. The maximum absolute atomic E-state index is 13.4. The third-order valence-corrected chi connectivity index (χ3v) is 3.96. The van der Waals surface area contributed by atoms with E-state index in [4.69, 9.17) is 0 Å². The van der Waals surface area contributed by atoms with Crippen LogP contribution in [0.25, 0.3) is 0 Å². The van der Waals surface area contributed by atoms with Gasteiger partial charge in [0, 0.05) is 6.54 Å². The van der Waals surface area contributed by atoms with Gasteiger partial charge in [-0.25, -0.2) is 4.39 Å². The van der Waals surface area contributed by atoms with E-state index in [1.165, 1.54) is 18.9 Å². The van der Waals surface area contributed by atoms with Crippen LogP contribution < -0.4 is 5.32 Å². The van der Waals surface area contributed by atoms with Crippen molar-refractivity contribution in [1.82, 2.24) is 5.32 Å². The SMILES string of the molecule is Fc1cccc(C2(C3=NCCN3)CCCC2)c1. The van der Waals surface area contributed by atoms with Gasteiger partial charge >= 0.3 is 0 Å². The fourth-order valence-electron chi connectivity index (χ4n) is 3.15. The summed E-state index contributed by atoms with van der Waals surface area (Å²) in [4.78, 5) is 4.58. The molecule has 1 saturated carbocycles. The lowest BCUT2D eigenvalue weighted by molar-refractivity contribution is 0.569. The largest absolute Gasteiger partial charge is 0.371 e. The van der Waals surface area contributed by atoms with Crippen molar-refractivity contribution < 1.29 is 4.39 Å². The Morgan fingerprint density at radius 2 is 2.06 bits per heavy atom. The molecule has 0 aromatic heterocycles. The molecule has 0 bridgehead atoms. The molecule has 2 aliphatic rings. The molecule has 17 heavy (non-hydrogen) atoms. The van der Waals surface area contributed by atoms with Gasteiger partial charge in [-0.15, -0.1) is 0 Å². The Balaban J connectivity index is 2.05. The number of amidine groups is 1. The third-order valence-electron chi connectivity index (χ3n) is 3.96. The molecule has 1 fully saturated rings. The van der Waals surface area contributed by atoms with E-state index in [0.29, 0.717) is 0 Å². The number of rotatable bonds is 2. The van der Waals surface area contributed by atoms with Crippen molar-refractivity contribution in [2.75, 3.05) is 13.1 Å². The molecular formula is C14H17FN2. The van der Waals surface area contributed by atoms with Crippen LogP contribution in [-0.4, -0.2) is 18.9 Å². The first-order valence-electron chi connectivity index (χ1n) is 6.36. The molecule has 90 valence electrons.